The number of halogens is 3. The number of aromatic nitrogens is 4. The Balaban J connectivity index is 1.18. The van der Waals surface area contributed by atoms with Gasteiger partial charge in [0, 0.05) is 31.8 Å². The van der Waals surface area contributed by atoms with Crippen LogP contribution < -0.4 is 4.74 Å². The lowest BCUT2D eigenvalue weighted by molar-refractivity contribution is -0.137. The average Bonchev–Trinajstić information content (AvgIpc) is 3.54. The van der Waals surface area contributed by atoms with Crippen molar-refractivity contribution in [1.29, 1.82) is 0 Å². The van der Waals surface area contributed by atoms with Crippen LogP contribution in [0.5, 0.6) is 5.75 Å². The molecule has 0 bridgehead atoms. The number of alkyl halides is 3. The van der Waals surface area contributed by atoms with E-state index < -0.39 is 11.7 Å². The minimum absolute atomic E-state index is 0.0735. The molecule has 0 spiro atoms. The first-order valence-electron chi connectivity index (χ1n) is 11.9. The molecule has 10 heteroatoms. The third kappa shape index (κ3) is 8.04. The van der Waals surface area contributed by atoms with Gasteiger partial charge in [-0.1, -0.05) is 29.5 Å². The summed E-state index contributed by atoms with van der Waals surface area (Å²) < 4.78 is 51.0. The summed E-state index contributed by atoms with van der Waals surface area (Å²) >= 11 is 0. The van der Waals surface area contributed by atoms with Crippen molar-refractivity contribution in [2.24, 2.45) is 0 Å². The number of aryl methyl sites for hydroxylation is 2. The molecule has 0 aliphatic carbocycles. The van der Waals surface area contributed by atoms with Crippen LogP contribution in [0.15, 0.2) is 65.4 Å². The van der Waals surface area contributed by atoms with Crippen LogP contribution in [0.1, 0.15) is 46.8 Å². The summed E-state index contributed by atoms with van der Waals surface area (Å²) in [5, 5.41) is 17.0. The lowest BCUT2D eigenvalue weighted by Crippen LogP contribution is -2.03. The van der Waals surface area contributed by atoms with Crippen LogP contribution in [-0.2, 0) is 32.2 Å². The van der Waals surface area contributed by atoms with Gasteiger partial charge in [-0.25, -0.2) is 4.98 Å². The van der Waals surface area contributed by atoms with E-state index in [9.17, 15) is 13.2 Å². The molecule has 4 rings (SSSR count). The van der Waals surface area contributed by atoms with Crippen molar-refractivity contribution in [3.8, 4) is 5.75 Å². The first kappa shape index (κ1) is 26.2. The molecule has 0 saturated heterocycles. The van der Waals surface area contributed by atoms with Crippen LogP contribution in [0, 0.1) is 0 Å². The minimum Gasteiger partial charge on any atom is -0.487 e. The van der Waals surface area contributed by atoms with E-state index in [0.29, 0.717) is 29.3 Å². The zero-order chi connectivity index (χ0) is 26.1. The molecule has 2 aromatic heterocycles. The summed E-state index contributed by atoms with van der Waals surface area (Å²) in [6.07, 6.45) is 5.68. The van der Waals surface area contributed by atoms with E-state index >= 15 is 0 Å². The fraction of sp³-hybridized carbons (Fsp3) is 0.296. The Bertz CT molecular complexity index is 1280. The molecule has 4 aromatic rings. The molecular weight excluding hydrogens is 485 g/mol. The van der Waals surface area contributed by atoms with E-state index in [1.54, 1.807) is 12.2 Å². The molecule has 1 N–H and O–H groups in total. The molecule has 0 aliphatic rings. The first-order valence-corrected chi connectivity index (χ1v) is 11.9. The summed E-state index contributed by atoms with van der Waals surface area (Å²) in [5.74, 6) is 1.05. The molecule has 0 radical (unpaired) electrons. The number of ether oxygens (including phenoxy) is 1. The number of hydrogen-bond donors (Lipinski definition) is 1. The molecule has 7 nitrogen and oxygen atoms in total. The summed E-state index contributed by atoms with van der Waals surface area (Å²) in [5.41, 5.74) is 2.53. The lowest BCUT2D eigenvalue weighted by Gasteiger charge is -2.06. The SMILES string of the molecule is OCCc1cn(CCCCc2ccc(OCc3coc(/C=C/c4ccc(C(F)(F)F)cc4)n3)cc2)nn1. The number of unbranched alkanes of at least 4 members (excludes halogenated alkanes) is 1. The summed E-state index contributed by atoms with van der Waals surface area (Å²) in [4.78, 5) is 4.32. The van der Waals surface area contributed by atoms with E-state index in [1.807, 2.05) is 35.1 Å². The predicted octanol–water partition coefficient (Wildman–Crippen LogP) is 5.59. The third-order valence-corrected chi connectivity index (χ3v) is 5.59. The molecule has 2 heterocycles. The van der Waals surface area contributed by atoms with Crippen molar-refractivity contribution in [2.45, 2.75) is 45.0 Å². The van der Waals surface area contributed by atoms with E-state index in [1.165, 1.54) is 24.0 Å². The second kappa shape index (κ2) is 12.4. The largest absolute Gasteiger partial charge is 0.487 e. The van der Waals surface area contributed by atoms with E-state index in [2.05, 4.69) is 15.3 Å². The van der Waals surface area contributed by atoms with Gasteiger partial charge in [-0.15, -0.1) is 5.10 Å². The smallest absolute Gasteiger partial charge is 0.416 e. The van der Waals surface area contributed by atoms with E-state index in [4.69, 9.17) is 14.3 Å². The van der Waals surface area contributed by atoms with E-state index in [0.717, 1.165) is 43.6 Å². The lowest BCUT2D eigenvalue weighted by atomic mass is 10.1. The van der Waals surface area contributed by atoms with Crippen LogP contribution in [0.4, 0.5) is 13.2 Å². The van der Waals surface area contributed by atoms with Crippen molar-refractivity contribution >= 4 is 12.2 Å². The summed E-state index contributed by atoms with van der Waals surface area (Å²) in [6.45, 7) is 1.09. The summed E-state index contributed by atoms with van der Waals surface area (Å²) in [7, 11) is 0. The molecule has 0 fully saturated rings. The van der Waals surface area contributed by atoms with Gasteiger partial charge < -0.3 is 14.3 Å². The quantitative estimate of drug-likeness (QED) is 0.249. The highest BCUT2D eigenvalue weighted by Crippen LogP contribution is 2.29. The zero-order valence-corrected chi connectivity index (χ0v) is 20.1. The topological polar surface area (TPSA) is 86.2 Å². The highest BCUT2D eigenvalue weighted by atomic mass is 19.4. The third-order valence-electron chi connectivity index (χ3n) is 5.59. The minimum atomic E-state index is -4.36. The monoisotopic (exact) mass is 512 g/mol. The van der Waals surface area contributed by atoms with Crippen LogP contribution in [0.25, 0.3) is 12.2 Å². The van der Waals surface area contributed by atoms with Gasteiger partial charge in [-0.3, -0.25) is 4.68 Å². The van der Waals surface area contributed by atoms with Gasteiger partial charge in [0.15, 0.2) is 0 Å². The van der Waals surface area contributed by atoms with Gasteiger partial charge in [-0.2, -0.15) is 13.2 Å². The molecule has 0 amide bonds. The number of aliphatic hydroxyl groups excluding tert-OH is 1. The predicted molar refractivity (Wildman–Crippen MR) is 131 cm³/mol. The number of aliphatic hydroxyl groups is 1. The molecule has 37 heavy (non-hydrogen) atoms. The van der Waals surface area contributed by atoms with Crippen LogP contribution in [-0.4, -0.2) is 31.7 Å². The van der Waals surface area contributed by atoms with Crippen molar-refractivity contribution in [1.82, 2.24) is 20.0 Å². The number of hydrogen-bond acceptors (Lipinski definition) is 6. The molecule has 194 valence electrons. The van der Waals surface area contributed by atoms with Gasteiger partial charge in [-0.05, 0) is 60.7 Å². The maximum Gasteiger partial charge on any atom is 0.416 e. The maximum absolute atomic E-state index is 12.7. The molecular formula is C27H27F3N4O3. The van der Waals surface area contributed by atoms with Crippen LogP contribution >= 0.6 is 0 Å². The van der Waals surface area contributed by atoms with Crippen molar-refractivity contribution in [3.63, 3.8) is 0 Å². The van der Waals surface area contributed by atoms with Crippen molar-refractivity contribution in [3.05, 3.63) is 95.0 Å². The van der Waals surface area contributed by atoms with Gasteiger partial charge in [0.2, 0.25) is 5.89 Å². The Morgan fingerprint density at radius 3 is 2.46 bits per heavy atom. The average molecular weight is 513 g/mol. The number of benzene rings is 2. The van der Waals surface area contributed by atoms with Gasteiger partial charge in [0.1, 0.15) is 24.3 Å². The number of nitrogens with zero attached hydrogens (tertiary/aromatic N) is 4. The normalized spacial score (nSPS) is 11.9. The molecule has 0 aliphatic heterocycles. The van der Waals surface area contributed by atoms with Crippen LogP contribution in [0.3, 0.4) is 0 Å². The number of oxazole rings is 1. The highest BCUT2D eigenvalue weighted by molar-refractivity contribution is 5.66. The van der Waals surface area contributed by atoms with E-state index in [-0.39, 0.29) is 13.2 Å². The zero-order valence-electron chi connectivity index (χ0n) is 20.1. The Kier molecular flexibility index (Phi) is 8.73. The van der Waals surface area contributed by atoms with Gasteiger partial charge in [0.05, 0.1) is 11.3 Å². The standard InChI is InChI=1S/C27H27F3N4O3/c28-27(29,30)22-9-4-21(5-10-22)8-13-26-31-24(19-37-26)18-36-25-11-6-20(7-12-25)3-1-2-15-34-17-23(14-16-35)32-33-34/h4-13,17,19,35H,1-3,14-16,18H2/b13-8+. The Hall–Kier alpha value is -3.92. The van der Waals surface area contributed by atoms with Crippen LogP contribution in [0.2, 0.25) is 0 Å². The molecule has 0 saturated carbocycles. The van der Waals surface area contributed by atoms with Gasteiger partial charge >= 0.3 is 6.18 Å². The second-order valence-corrected chi connectivity index (χ2v) is 8.47. The number of rotatable bonds is 12. The molecule has 2 aromatic carbocycles. The van der Waals surface area contributed by atoms with Crippen molar-refractivity contribution < 1.29 is 27.4 Å². The fourth-order valence-electron chi connectivity index (χ4n) is 3.61. The summed E-state index contributed by atoms with van der Waals surface area (Å²) in [6, 6.07) is 12.8. The Morgan fingerprint density at radius 1 is 0.946 bits per heavy atom. The molecule has 0 unspecified atom stereocenters. The first-order chi connectivity index (χ1) is 17.9. The Labute approximate surface area is 212 Å². The Morgan fingerprint density at radius 2 is 1.73 bits per heavy atom. The van der Waals surface area contributed by atoms with Gasteiger partial charge in [0.25, 0.3) is 0 Å². The van der Waals surface area contributed by atoms with Crippen molar-refractivity contribution in [2.75, 3.05) is 6.61 Å². The highest BCUT2D eigenvalue weighted by Gasteiger charge is 2.29. The maximum atomic E-state index is 12.7. The fourth-order valence-corrected chi connectivity index (χ4v) is 3.61. The second-order valence-electron chi connectivity index (χ2n) is 8.47. The molecule has 0 atom stereocenters.